The maximum absolute atomic E-state index is 13.0. The third kappa shape index (κ3) is 4.51. The van der Waals surface area contributed by atoms with Gasteiger partial charge < -0.3 is 5.11 Å². The van der Waals surface area contributed by atoms with Crippen molar-refractivity contribution in [2.45, 2.75) is 9.79 Å². The predicted molar refractivity (Wildman–Crippen MR) is 123 cm³/mol. The first kappa shape index (κ1) is 23.1. The molecule has 0 aromatic heterocycles. The molecule has 0 amide bonds. The molecule has 1 aliphatic carbocycles. The number of aromatic carboxylic acids is 1. The third-order valence-electron chi connectivity index (χ3n) is 4.87. The summed E-state index contributed by atoms with van der Waals surface area (Å²) < 4.78 is 57.4. The van der Waals surface area contributed by atoms with Crippen LogP contribution in [-0.4, -0.2) is 39.4 Å². The van der Waals surface area contributed by atoms with Crippen LogP contribution >= 0.6 is 0 Å². The van der Waals surface area contributed by atoms with Crippen LogP contribution in [0.2, 0.25) is 0 Å². The number of hydrogen-bond acceptors (Lipinski definition) is 6. The van der Waals surface area contributed by atoms with Crippen molar-refractivity contribution >= 4 is 37.5 Å². The Morgan fingerprint density at radius 2 is 1.41 bits per heavy atom. The molecular weight excluding hydrogens is 480 g/mol. The highest BCUT2D eigenvalue weighted by molar-refractivity contribution is 7.90. The molecule has 0 unspecified atom stereocenters. The Bertz CT molecular complexity index is 1590. The number of allylic oxidation sites excluding steroid dienone is 2. The van der Waals surface area contributed by atoms with Gasteiger partial charge >= 0.3 is 5.97 Å². The van der Waals surface area contributed by atoms with Gasteiger partial charge in [-0.1, -0.05) is 48.5 Å². The van der Waals surface area contributed by atoms with Crippen LogP contribution < -0.4 is 4.72 Å². The fraction of sp³-hybridized carbons (Fsp3) is 0. The molecule has 11 heteroatoms. The maximum atomic E-state index is 13.0. The van der Waals surface area contributed by atoms with Crippen molar-refractivity contribution in [1.82, 2.24) is 4.72 Å². The zero-order valence-corrected chi connectivity index (χ0v) is 18.9. The highest BCUT2D eigenvalue weighted by Gasteiger charge is 2.29. The fourth-order valence-electron chi connectivity index (χ4n) is 3.26. The smallest absolute Gasteiger partial charge is 0.335 e. The monoisotopic (exact) mass is 496 g/mol. The number of carboxylic acid groups (broad SMARTS) is 1. The van der Waals surface area contributed by atoms with Crippen LogP contribution in [0.3, 0.4) is 0 Å². The van der Waals surface area contributed by atoms with Gasteiger partial charge in [-0.3, -0.25) is 9.52 Å². The van der Waals surface area contributed by atoms with Gasteiger partial charge in [-0.2, -0.15) is 12.8 Å². The molecule has 34 heavy (non-hydrogen) atoms. The van der Waals surface area contributed by atoms with Gasteiger partial charge in [-0.25, -0.2) is 13.2 Å². The van der Waals surface area contributed by atoms with E-state index in [0.29, 0.717) is 0 Å². The molecule has 3 aromatic carbocycles. The Hall–Kier alpha value is -4.09. The zero-order valence-electron chi connectivity index (χ0n) is 17.2. The van der Waals surface area contributed by atoms with Gasteiger partial charge in [0.1, 0.15) is 0 Å². The molecule has 0 fully saturated rings. The van der Waals surface area contributed by atoms with E-state index in [1.165, 1.54) is 54.6 Å². The van der Waals surface area contributed by atoms with Crippen molar-refractivity contribution < 1.29 is 31.5 Å². The molecule has 0 aliphatic heterocycles. The predicted octanol–water partition coefficient (Wildman–Crippen LogP) is 2.62. The van der Waals surface area contributed by atoms with E-state index in [2.05, 4.69) is 9.12 Å². The summed E-state index contributed by atoms with van der Waals surface area (Å²) in [5, 5.41) is 9.15. The molecule has 0 atom stereocenters. The van der Waals surface area contributed by atoms with Gasteiger partial charge in [0.25, 0.3) is 20.0 Å². The molecule has 1 aliphatic rings. The summed E-state index contributed by atoms with van der Waals surface area (Å²) in [6.07, 6.45) is 1.05. The van der Waals surface area contributed by atoms with Crippen LogP contribution in [0.1, 0.15) is 26.3 Å². The quantitative estimate of drug-likeness (QED) is 0.533. The molecule has 0 heterocycles. The average molecular weight is 497 g/mol. The topological polar surface area (TPSA) is 147 Å². The minimum Gasteiger partial charge on any atom is -0.478 e. The fourth-order valence-corrected chi connectivity index (χ4v) is 5.37. The number of hydrogen-bond donors (Lipinski definition) is 2. The zero-order chi connectivity index (χ0) is 24.5. The molecule has 172 valence electrons. The third-order valence-corrected chi connectivity index (χ3v) is 7.54. The second-order valence-corrected chi connectivity index (χ2v) is 10.4. The molecule has 3 aromatic rings. The summed E-state index contributed by atoms with van der Waals surface area (Å²) in [5.74, 6) is -1.96. The molecule has 9 nitrogen and oxygen atoms in total. The molecule has 0 spiro atoms. The number of fused-ring (bicyclic) bond motifs is 1. The van der Waals surface area contributed by atoms with Gasteiger partial charge in [0.15, 0.2) is 0 Å². The van der Waals surface area contributed by atoms with E-state index < -0.39 is 31.8 Å². The minimum absolute atomic E-state index is 0.0593. The van der Waals surface area contributed by atoms with E-state index >= 15 is 0 Å². The van der Waals surface area contributed by atoms with Crippen LogP contribution in [0.5, 0.6) is 0 Å². The van der Waals surface area contributed by atoms with Gasteiger partial charge in [0.2, 0.25) is 5.78 Å². The summed E-state index contributed by atoms with van der Waals surface area (Å²) in [6, 6.07) is 18.1. The molecule has 0 bridgehead atoms. The summed E-state index contributed by atoms with van der Waals surface area (Å²) in [7, 11) is -8.54. The highest BCUT2D eigenvalue weighted by Crippen LogP contribution is 2.24. The lowest BCUT2D eigenvalue weighted by atomic mass is 9.93. The maximum Gasteiger partial charge on any atom is 0.335 e. The van der Waals surface area contributed by atoms with Gasteiger partial charge in [-0.15, -0.1) is 0 Å². The lowest BCUT2D eigenvalue weighted by Crippen LogP contribution is -2.31. The number of carboxylic acids is 1. The summed E-state index contributed by atoms with van der Waals surface area (Å²) in [6.45, 7) is 0. The number of benzene rings is 3. The lowest BCUT2D eigenvalue weighted by Gasteiger charge is -2.18. The van der Waals surface area contributed by atoms with Crippen LogP contribution in [-0.2, 0) is 20.0 Å². The molecule has 0 radical (unpaired) electrons. The Morgan fingerprint density at radius 3 is 2.09 bits per heavy atom. The van der Waals surface area contributed by atoms with Crippen molar-refractivity contribution in [3.63, 3.8) is 0 Å². The number of ketones is 1. The Balaban J connectivity index is 1.82. The second kappa shape index (κ2) is 8.69. The second-order valence-electron chi connectivity index (χ2n) is 7.14. The van der Waals surface area contributed by atoms with Gasteiger partial charge in [0, 0.05) is 11.1 Å². The van der Waals surface area contributed by atoms with Crippen LogP contribution in [0.15, 0.2) is 105 Å². The Kier molecular flexibility index (Phi) is 5.90. The standard InChI is InChI=1S/C23H16N2O7S2/c26-22-19-12-5-4-11-18(19)20(14-21(22)25-33(29,30)16-8-2-1-3-9-16)24-34(31,32)17-10-6-7-15(13-17)23(27)28/h1-14,25H,(H,27,28)/b24-20-. The first-order valence-corrected chi connectivity index (χ1v) is 12.6. The van der Waals surface area contributed by atoms with E-state index in [1.807, 2.05) is 0 Å². The molecule has 0 saturated carbocycles. The van der Waals surface area contributed by atoms with Crippen molar-refractivity contribution in [3.8, 4) is 0 Å². The Morgan fingerprint density at radius 1 is 0.794 bits per heavy atom. The van der Waals surface area contributed by atoms with E-state index in [0.717, 1.165) is 12.1 Å². The SMILES string of the molecule is O=C(O)c1cccc(S(=O)(=O)/N=C2/C=C(NS(=O)(=O)c3ccccc3)C(=O)c3ccccc32)c1. The largest absolute Gasteiger partial charge is 0.478 e. The first-order chi connectivity index (χ1) is 16.1. The van der Waals surface area contributed by atoms with Gasteiger partial charge in [-0.05, 0) is 36.4 Å². The number of nitrogens with zero attached hydrogens (tertiary/aromatic N) is 1. The normalized spacial score (nSPS) is 14.9. The molecular formula is C23H16N2O7S2. The van der Waals surface area contributed by atoms with E-state index in [9.17, 15) is 26.4 Å². The van der Waals surface area contributed by atoms with Crippen molar-refractivity contribution in [2.24, 2.45) is 4.40 Å². The van der Waals surface area contributed by atoms with E-state index in [1.54, 1.807) is 18.2 Å². The van der Waals surface area contributed by atoms with Crippen LogP contribution in [0.25, 0.3) is 0 Å². The number of carbonyl (C=O) groups is 2. The van der Waals surface area contributed by atoms with Crippen molar-refractivity contribution in [1.29, 1.82) is 0 Å². The number of rotatable bonds is 6. The van der Waals surface area contributed by atoms with Gasteiger partial charge in [0.05, 0.1) is 26.8 Å². The first-order valence-electron chi connectivity index (χ1n) is 9.70. The van der Waals surface area contributed by atoms with E-state index in [4.69, 9.17) is 5.11 Å². The molecule has 2 N–H and O–H groups in total. The van der Waals surface area contributed by atoms with Crippen molar-refractivity contribution in [2.75, 3.05) is 0 Å². The number of sulfonamides is 2. The minimum atomic E-state index is -4.40. The summed E-state index contributed by atoms with van der Waals surface area (Å²) in [5.41, 5.74) is -0.554. The van der Waals surface area contributed by atoms with Crippen molar-refractivity contribution in [3.05, 3.63) is 107 Å². The summed E-state index contributed by atoms with van der Waals surface area (Å²) >= 11 is 0. The van der Waals surface area contributed by atoms with E-state index in [-0.39, 0.29) is 37.9 Å². The number of nitrogens with one attached hydrogen (secondary N) is 1. The average Bonchev–Trinajstić information content (AvgIpc) is 2.82. The lowest BCUT2D eigenvalue weighted by molar-refractivity contribution is 0.0696. The summed E-state index contributed by atoms with van der Waals surface area (Å²) in [4.78, 5) is 23.7. The molecule has 0 saturated heterocycles. The Labute approximate surface area is 195 Å². The number of carbonyl (C=O) groups excluding carboxylic acids is 1. The number of Topliss-reactive ketones (excluding diaryl/α,β-unsaturated/α-hetero) is 1. The highest BCUT2D eigenvalue weighted by atomic mass is 32.2. The van der Waals surface area contributed by atoms with Crippen LogP contribution in [0, 0.1) is 0 Å². The molecule has 4 rings (SSSR count). The van der Waals surface area contributed by atoms with Crippen LogP contribution in [0.4, 0.5) is 0 Å².